The number of methoxy groups -OCH3 is 2. The average Bonchev–Trinajstić information content (AvgIpc) is 2.61. The SMILES string of the molecule is COc1ccc(CN(C)S(=O)(=O)c2cc(NC(C)=O)ccc2OC)cc1F. The lowest BCUT2D eigenvalue weighted by molar-refractivity contribution is -0.114. The first-order chi connectivity index (χ1) is 12.7. The zero-order chi connectivity index (χ0) is 20.2. The molecule has 0 saturated heterocycles. The van der Waals surface area contributed by atoms with Crippen LogP contribution in [0.25, 0.3) is 0 Å². The maximum atomic E-state index is 13.9. The average molecular weight is 396 g/mol. The van der Waals surface area contributed by atoms with Crippen molar-refractivity contribution in [3.63, 3.8) is 0 Å². The molecule has 2 aromatic carbocycles. The molecule has 0 aliphatic carbocycles. The summed E-state index contributed by atoms with van der Waals surface area (Å²) in [5.74, 6) is -0.692. The van der Waals surface area contributed by atoms with Crippen LogP contribution in [-0.2, 0) is 21.4 Å². The maximum absolute atomic E-state index is 13.9. The Labute approximate surface area is 157 Å². The van der Waals surface area contributed by atoms with Crippen LogP contribution in [0.2, 0.25) is 0 Å². The van der Waals surface area contributed by atoms with Crippen molar-refractivity contribution >= 4 is 21.6 Å². The molecule has 0 saturated carbocycles. The summed E-state index contributed by atoms with van der Waals surface area (Å²) in [6.07, 6.45) is 0. The van der Waals surface area contributed by atoms with E-state index in [0.717, 1.165) is 4.31 Å². The topological polar surface area (TPSA) is 84.9 Å². The number of amides is 1. The van der Waals surface area contributed by atoms with Crippen molar-refractivity contribution in [2.75, 3.05) is 26.6 Å². The number of nitrogens with zero attached hydrogens (tertiary/aromatic N) is 1. The van der Waals surface area contributed by atoms with Crippen LogP contribution in [0, 0.1) is 5.82 Å². The summed E-state index contributed by atoms with van der Waals surface area (Å²) in [6, 6.07) is 8.55. The van der Waals surface area contributed by atoms with E-state index in [1.54, 1.807) is 6.07 Å². The third-order valence-electron chi connectivity index (χ3n) is 3.79. The van der Waals surface area contributed by atoms with Gasteiger partial charge >= 0.3 is 0 Å². The van der Waals surface area contributed by atoms with Crippen molar-refractivity contribution in [2.24, 2.45) is 0 Å². The van der Waals surface area contributed by atoms with Crippen LogP contribution in [0.3, 0.4) is 0 Å². The lowest BCUT2D eigenvalue weighted by Crippen LogP contribution is -2.27. The number of benzene rings is 2. The number of sulfonamides is 1. The van der Waals surface area contributed by atoms with Crippen LogP contribution < -0.4 is 14.8 Å². The molecule has 9 heteroatoms. The Morgan fingerprint density at radius 2 is 1.74 bits per heavy atom. The van der Waals surface area contributed by atoms with Crippen LogP contribution >= 0.6 is 0 Å². The standard InChI is InChI=1S/C18H21FN2O5S/c1-12(22)20-14-6-8-17(26-4)18(10-14)27(23,24)21(2)11-13-5-7-16(25-3)15(19)9-13/h5-10H,11H2,1-4H3,(H,20,22). The zero-order valence-electron chi connectivity index (χ0n) is 15.4. The van der Waals surface area contributed by atoms with Crippen molar-refractivity contribution < 1.29 is 27.1 Å². The third-order valence-corrected chi connectivity index (χ3v) is 5.62. The fraction of sp³-hybridized carbons (Fsp3) is 0.278. The fourth-order valence-corrected chi connectivity index (χ4v) is 3.81. The minimum absolute atomic E-state index is 0.0588. The van der Waals surface area contributed by atoms with E-state index in [0.29, 0.717) is 11.3 Å². The Kier molecular flexibility index (Phi) is 6.40. The number of anilines is 1. The second-order valence-corrected chi connectivity index (χ2v) is 7.79. The summed E-state index contributed by atoms with van der Waals surface area (Å²) in [5.41, 5.74) is 0.780. The van der Waals surface area contributed by atoms with Gasteiger partial charge in [0.05, 0.1) is 14.2 Å². The summed E-state index contributed by atoms with van der Waals surface area (Å²) in [6.45, 7) is 1.26. The number of hydrogen-bond donors (Lipinski definition) is 1. The molecule has 0 aliphatic heterocycles. The van der Waals surface area contributed by atoms with Crippen molar-refractivity contribution in [2.45, 2.75) is 18.4 Å². The van der Waals surface area contributed by atoms with Gasteiger partial charge in [-0.1, -0.05) is 6.07 Å². The van der Waals surface area contributed by atoms with Gasteiger partial charge in [0, 0.05) is 26.2 Å². The fourth-order valence-electron chi connectivity index (χ4n) is 2.48. The number of ether oxygens (including phenoxy) is 2. The van der Waals surface area contributed by atoms with Crippen LogP contribution in [0.5, 0.6) is 11.5 Å². The van der Waals surface area contributed by atoms with E-state index in [2.05, 4.69) is 5.32 Å². The Morgan fingerprint density at radius 3 is 2.30 bits per heavy atom. The molecule has 1 amide bonds. The summed E-state index contributed by atoms with van der Waals surface area (Å²) in [5, 5.41) is 2.54. The van der Waals surface area contributed by atoms with Gasteiger partial charge in [-0.3, -0.25) is 4.79 Å². The molecule has 0 fully saturated rings. The predicted octanol–water partition coefficient (Wildman–Crippen LogP) is 2.62. The molecule has 0 aliphatic rings. The lowest BCUT2D eigenvalue weighted by Gasteiger charge is -2.20. The van der Waals surface area contributed by atoms with E-state index < -0.39 is 15.8 Å². The summed E-state index contributed by atoms with van der Waals surface area (Å²) in [4.78, 5) is 11.1. The molecule has 1 N–H and O–H groups in total. The second kappa shape index (κ2) is 8.36. The Morgan fingerprint density at radius 1 is 1.11 bits per heavy atom. The van der Waals surface area contributed by atoms with Crippen LogP contribution in [0.15, 0.2) is 41.3 Å². The molecule has 2 aromatic rings. The van der Waals surface area contributed by atoms with Gasteiger partial charge < -0.3 is 14.8 Å². The van der Waals surface area contributed by atoms with Gasteiger partial charge in [0.2, 0.25) is 15.9 Å². The Hall–Kier alpha value is -2.65. The maximum Gasteiger partial charge on any atom is 0.246 e. The largest absolute Gasteiger partial charge is 0.495 e. The number of carbonyl (C=O) groups is 1. The highest BCUT2D eigenvalue weighted by Gasteiger charge is 2.26. The van der Waals surface area contributed by atoms with E-state index in [1.165, 1.54) is 58.5 Å². The quantitative estimate of drug-likeness (QED) is 0.778. The molecule has 0 atom stereocenters. The Bertz CT molecular complexity index is 947. The second-order valence-electron chi connectivity index (χ2n) is 5.78. The minimum Gasteiger partial charge on any atom is -0.495 e. The lowest BCUT2D eigenvalue weighted by atomic mass is 10.2. The van der Waals surface area contributed by atoms with Crippen molar-refractivity contribution in [3.05, 3.63) is 47.8 Å². The molecule has 0 radical (unpaired) electrons. The van der Waals surface area contributed by atoms with Crippen LogP contribution in [-0.4, -0.2) is 39.9 Å². The normalized spacial score (nSPS) is 11.3. The van der Waals surface area contributed by atoms with Gasteiger partial charge in [-0.05, 0) is 35.9 Å². The van der Waals surface area contributed by atoms with Crippen molar-refractivity contribution in [1.82, 2.24) is 4.31 Å². The Balaban J connectivity index is 2.36. The number of nitrogens with one attached hydrogen (secondary N) is 1. The van der Waals surface area contributed by atoms with Crippen LogP contribution in [0.4, 0.5) is 10.1 Å². The summed E-state index contributed by atoms with van der Waals surface area (Å²) < 4.78 is 50.9. The molecule has 0 heterocycles. The molecule has 146 valence electrons. The van der Waals surface area contributed by atoms with E-state index >= 15 is 0 Å². The highest BCUT2D eigenvalue weighted by Crippen LogP contribution is 2.30. The highest BCUT2D eigenvalue weighted by molar-refractivity contribution is 7.89. The predicted molar refractivity (Wildman–Crippen MR) is 98.9 cm³/mol. The van der Waals surface area contributed by atoms with Gasteiger partial charge in [-0.25, -0.2) is 12.8 Å². The molecular weight excluding hydrogens is 375 g/mol. The molecular formula is C18H21FN2O5S. The third kappa shape index (κ3) is 4.75. The van der Waals surface area contributed by atoms with Gasteiger partial charge in [-0.15, -0.1) is 0 Å². The summed E-state index contributed by atoms with van der Waals surface area (Å²) >= 11 is 0. The first kappa shape index (κ1) is 20.7. The van der Waals surface area contributed by atoms with E-state index in [9.17, 15) is 17.6 Å². The number of hydrogen-bond acceptors (Lipinski definition) is 5. The van der Waals surface area contributed by atoms with Gasteiger partial charge in [0.1, 0.15) is 10.6 Å². The molecule has 27 heavy (non-hydrogen) atoms. The van der Waals surface area contributed by atoms with E-state index in [1.807, 2.05) is 0 Å². The van der Waals surface area contributed by atoms with E-state index in [4.69, 9.17) is 9.47 Å². The number of carbonyl (C=O) groups excluding carboxylic acids is 1. The molecule has 0 spiro atoms. The number of halogens is 1. The first-order valence-corrected chi connectivity index (χ1v) is 9.37. The smallest absolute Gasteiger partial charge is 0.246 e. The molecule has 2 rings (SSSR count). The van der Waals surface area contributed by atoms with Crippen LogP contribution in [0.1, 0.15) is 12.5 Å². The molecule has 0 bridgehead atoms. The number of rotatable bonds is 7. The first-order valence-electron chi connectivity index (χ1n) is 7.93. The molecule has 0 aromatic heterocycles. The minimum atomic E-state index is -3.96. The highest BCUT2D eigenvalue weighted by atomic mass is 32.2. The van der Waals surface area contributed by atoms with Gasteiger partial charge in [0.25, 0.3) is 0 Å². The van der Waals surface area contributed by atoms with Crippen molar-refractivity contribution in [3.8, 4) is 11.5 Å². The summed E-state index contributed by atoms with van der Waals surface area (Å²) in [7, 11) is 0.116. The van der Waals surface area contributed by atoms with E-state index in [-0.39, 0.29) is 28.8 Å². The van der Waals surface area contributed by atoms with Gasteiger partial charge in [-0.2, -0.15) is 4.31 Å². The molecule has 7 nitrogen and oxygen atoms in total. The van der Waals surface area contributed by atoms with Crippen molar-refractivity contribution in [1.29, 1.82) is 0 Å². The zero-order valence-corrected chi connectivity index (χ0v) is 16.3. The van der Waals surface area contributed by atoms with Gasteiger partial charge in [0.15, 0.2) is 11.6 Å². The monoisotopic (exact) mass is 396 g/mol. The molecule has 0 unspecified atom stereocenters.